The van der Waals surface area contributed by atoms with E-state index in [1.807, 2.05) is 38.1 Å². The molecule has 1 aromatic heterocycles. The third-order valence-corrected chi connectivity index (χ3v) is 6.61. The van der Waals surface area contributed by atoms with Crippen LogP contribution in [0.25, 0.3) is 0 Å². The highest BCUT2D eigenvalue weighted by molar-refractivity contribution is 7.94. The maximum absolute atomic E-state index is 12.9. The molecule has 0 fully saturated rings. The van der Waals surface area contributed by atoms with E-state index in [9.17, 15) is 8.42 Å². The fraction of sp³-hybridized carbons (Fsp3) is 0.357. The van der Waals surface area contributed by atoms with Crippen LogP contribution in [0, 0.1) is 6.92 Å². The molecule has 1 aliphatic heterocycles. The minimum Gasteiger partial charge on any atom is -0.308 e. The van der Waals surface area contributed by atoms with Gasteiger partial charge < -0.3 is 5.32 Å². The number of nitrogens with zero attached hydrogens (tertiary/aromatic N) is 2. The van der Waals surface area contributed by atoms with Crippen molar-refractivity contribution >= 4 is 27.0 Å². The Morgan fingerprint density at radius 1 is 1.38 bits per heavy atom. The van der Waals surface area contributed by atoms with Gasteiger partial charge in [0, 0.05) is 19.1 Å². The first kappa shape index (κ1) is 14.5. The first-order chi connectivity index (χ1) is 9.98. The molecule has 0 saturated heterocycles. The molecule has 0 spiro atoms. The summed E-state index contributed by atoms with van der Waals surface area (Å²) < 4.78 is 27.7. The van der Waals surface area contributed by atoms with Gasteiger partial charge >= 0.3 is 0 Å². The Morgan fingerprint density at radius 2 is 2.14 bits per heavy atom. The Balaban J connectivity index is 2.11. The number of aromatic nitrogens is 1. The molecule has 21 heavy (non-hydrogen) atoms. The van der Waals surface area contributed by atoms with E-state index < -0.39 is 10.0 Å². The molecule has 1 N–H and O–H groups in total. The Bertz CT molecular complexity index is 755. The molecule has 2 aromatic rings. The zero-order valence-corrected chi connectivity index (χ0v) is 13.5. The zero-order valence-electron chi connectivity index (χ0n) is 11.9. The van der Waals surface area contributed by atoms with Crippen LogP contribution in [0.3, 0.4) is 0 Å². The van der Waals surface area contributed by atoms with Crippen LogP contribution in [0.2, 0.25) is 0 Å². The van der Waals surface area contributed by atoms with Crippen LogP contribution in [0.5, 0.6) is 0 Å². The fourth-order valence-electron chi connectivity index (χ4n) is 2.40. The van der Waals surface area contributed by atoms with E-state index in [1.54, 1.807) is 0 Å². The third-order valence-electron chi connectivity index (χ3n) is 3.49. The van der Waals surface area contributed by atoms with Gasteiger partial charge in [0.1, 0.15) is 0 Å². The van der Waals surface area contributed by atoms with Crippen molar-refractivity contribution in [2.45, 2.75) is 30.6 Å². The van der Waals surface area contributed by atoms with Crippen LogP contribution < -0.4 is 9.62 Å². The van der Waals surface area contributed by atoms with Crippen molar-refractivity contribution in [2.75, 3.05) is 10.8 Å². The summed E-state index contributed by atoms with van der Waals surface area (Å²) >= 11 is 1.21. The quantitative estimate of drug-likeness (QED) is 0.920. The SMILES string of the molecule is Cc1ncc(S(=O)(=O)N2CC(C)NCc3ccccc32)s1. The summed E-state index contributed by atoms with van der Waals surface area (Å²) in [5.74, 6) is 0. The van der Waals surface area contributed by atoms with Gasteiger partial charge in [-0.3, -0.25) is 4.31 Å². The van der Waals surface area contributed by atoms with Crippen molar-refractivity contribution in [1.29, 1.82) is 0 Å². The number of hydrogen-bond donors (Lipinski definition) is 1. The molecular weight excluding hydrogens is 306 g/mol. The van der Waals surface area contributed by atoms with Crippen LogP contribution in [0.15, 0.2) is 34.7 Å². The molecule has 2 heterocycles. The maximum Gasteiger partial charge on any atom is 0.275 e. The second-order valence-electron chi connectivity index (χ2n) is 5.15. The van der Waals surface area contributed by atoms with E-state index in [0.29, 0.717) is 17.3 Å². The summed E-state index contributed by atoms with van der Waals surface area (Å²) in [4.78, 5) is 4.07. The molecule has 1 atom stereocenters. The predicted octanol–water partition coefficient (Wildman–Crippen LogP) is 2.14. The topological polar surface area (TPSA) is 62.3 Å². The smallest absolute Gasteiger partial charge is 0.275 e. The Labute approximate surface area is 128 Å². The van der Waals surface area contributed by atoms with Gasteiger partial charge in [0.2, 0.25) is 0 Å². The number of aryl methyl sites for hydroxylation is 1. The summed E-state index contributed by atoms with van der Waals surface area (Å²) in [7, 11) is -3.56. The number of para-hydroxylation sites is 1. The van der Waals surface area contributed by atoms with E-state index in [0.717, 1.165) is 16.3 Å². The summed E-state index contributed by atoms with van der Waals surface area (Å²) in [6, 6.07) is 7.70. The van der Waals surface area contributed by atoms with E-state index >= 15 is 0 Å². The molecule has 0 amide bonds. The molecule has 1 aromatic carbocycles. The van der Waals surface area contributed by atoms with Crippen molar-refractivity contribution in [2.24, 2.45) is 0 Å². The number of rotatable bonds is 2. The molecule has 0 saturated carbocycles. The second-order valence-corrected chi connectivity index (χ2v) is 8.47. The molecule has 1 aliphatic rings. The third kappa shape index (κ3) is 2.68. The molecule has 0 aliphatic carbocycles. The highest BCUT2D eigenvalue weighted by Gasteiger charge is 2.31. The lowest BCUT2D eigenvalue weighted by Crippen LogP contribution is -2.39. The lowest BCUT2D eigenvalue weighted by atomic mass is 10.2. The van der Waals surface area contributed by atoms with Crippen molar-refractivity contribution < 1.29 is 8.42 Å². The molecule has 0 radical (unpaired) electrons. The number of hydrogen-bond acceptors (Lipinski definition) is 5. The summed E-state index contributed by atoms with van der Waals surface area (Å²) in [5.41, 5.74) is 1.74. The van der Waals surface area contributed by atoms with Gasteiger partial charge in [0.05, 0.1) is 16.9 Å². The van der Waals surface area contributed by atoms with Crippen LogP contribution in [0.4, 0.5) is 5.69 Å². The Kier molecular flexibility index (Phi) is 3.73. The molecule has 1 unspecified atom stereocenters. The van der Waals surface area contributed by atoms with Crippen LogP contribution in [0.1, 0.15) is 17.5 Å². The maximum atomic E-state index is 12.9. The monoisotopic (exact) mass is 323 g/mol. The minimum atomic E-state index is -3.56. The van der Waals surface area contributed by atoms with E-state index in [-0.39, 0.29) is 6.04 Å². The first-order valence-corrected chi connectivity index (χ1v) is 9.00. The zero-order chi connectivity index (χ0) is 15.0. The van der Waals surface area contributed by atoms with Crippen molar-refractivity contribution in [3.63, 3.8) is 0 Å². The van der Waals surface area contributed by atoms with Gasteiger partial charge in [-0.25, -0.2) is 13.4 Å². The number of fused-ring (bicyclic) bond motifs is 1. The average molecular weight is 323 g/mol. The van der Waals surface area contributed by atoms with Gasteiger partial charge in [-0.1, -0.05) is 18.2 Å². The molecular formula is C14H17N3O2S2. The summed E-state index contributed by atoms with van der Waals surface area (Å²) in [6.45, 7) is 4.89. The van der Waals surface area contributed by atoms with E-state index in [4.69, 9.17) is 0 Å². The van der Waals surface area contributed by atoms with Crippen molar-refractivity contribution in [3.8, 4) is 0 Å². The molecule has 7 heteroatoms. The van der Waals surface area contributed by atoms with Crippen LogP contribution >= 0.6 is 11.3 Å². The summed E-state index contributed by atoms with van der Waals surface area (Å²) in [5, 5.41) is 4.09. The standard InChI is InChI=1S/C14H17N3O2S2/c1-10-9-17(13-6-4-3-5-12(13)7-15-10)21(18,19)14-8-16-11(2)20-14/h3-6,8,10,15H,7,9H2,1-2H3. The first-order valence-electron chi connectivity index (χ1n) is 6.75. The van der Waals surface area contributed by atoms with Gasteiger partial charge in [-0.15, -0.1) is 11.3 Å². The van der Waals surface area contributed by atoms with Gasteiger partial charge in [0.25, 0.3) is 10.0 Å². The van der Waals surface area contributed by atoms with Crippen LogP contribution in [-0.2, 0) is 16.6 Å². The lowest BCUT2D eigenvalue weighted by molar-refractivity contribution is 0.557. The van der Waals surface area contributed by atoms with Gasteiger partial charge in [-0.2, -0.15) is 0 Å². The molecule has 3 rings (SSSR count). The Morgan fingerprint density at radius 3 is 2.86 bits per heavy atom. The molecule has 112 valence electrons. The molecule has 5 nitrogen and oxygen atoms in total. The van der Waals surface area contributed by atoms with E-state index in [2.05, 4.69) is 10.3 Å². The lowest BCUT2D eigenvalue weighted by Gasteiger charge is -2.25. The Hall–Kier alpha value is -1.44. The number of anilines is 1. The number of benzene rings is 1. The van der Waals surface area contributed by atoms with E-state index in [1.165, 1.54) is 21.8 Å². The number of thiazole rings is 1. The van der Waals surface area contributed by atoms with Gasteiger partial charge in [-0.05, 0) is 25.5 Å². The normalized spacial score (nSPS) is 19.1. The summed E-state index contributed by atoms with van der Waals surface area (Å²) in [6.07, 6.45) is 1.45. The highest BCUT2D eigenvalue weighted by atomic mass is 32.2. The van der Waals surface area contributed by atoms with Crippen molar-refractivity contribution in [3.05, 3.63) is 41.0 Å². The largest absolute Gasteiger partial charge is 0.308 e. The minimum absolute atomic E-state index is 0.0844. The van der Waals surface area contributed by atoms with Crippen molar-refractivity contribution in [1.82, 2.24) is 10.3 Å². The number of sulfonamides is 1. The predicted molar refractivity (Wildman–Crippen MR) is 84.1 cm³/mol. The van der Waals surface area contributed by atoms with Crippen LogP contribution in [-0.4, -0.2) is 26.0 Å². The number of nitrogens with one attached hydrogen (secondary N) is 1. The fourth-order valence-corrected chi connectivity index (χ4v) is 5.21. The van der Waals surface area contributed by atoms with Gasteiger partial charge in [0.15, 0.2) is 4.21 Å². The highest BCUT2D eigenvalue weighted by Crippen LogP contribution is 2.31. The molecule has 0 bridgehead atoms. The second kappa shape index (κ2) is 5.40. The average Bonchev–Trinajstić information content (AvgIpc) is 2.82.